The fraction of sp³-hybridized carbons (Fsp3) is 0.219. The summed E-state index contributed by atoms with van der Waals surface area (Å²) in [6.45, 7) is -0.611. The van der Waals surface area contributed by atoms with Gasteiger partial charge in [-0.3, -0.25) is 19.2 Å². The van der Waals surface area contributed by atoms with E-state index in [2.05, 4.69) is 0 Å². The van der Waals surface area contributed by atoms with Crippen LogP contribution in [0.4, 0.5) is 0 Å². The molecule has 43 heavy (non-hydrogen) atoms. The lowest BCUT2D eigenvalue weighted by Gasteiger charge is -2.31. The van der Waals surface area contributed by atoms with Gasteiger partial charge in [-0.05, 0) is 78.9 Å². The van der Waals surface area contributed by atoms with E-state index in [-0.39, 0.29) is 39.3 Å². The van der Waals surface area contributed by atoms with Crippen LogP contribution in [0.25, 0.3) is 0 Å². The molecule has 2 bridgehead atoms. The second-order valence-corrected chi connectivity index (χ2v) is 11.4. The van der Waals surface area contributed by atoms with Crippen LogP contribution in [-0.2, 0) is 9.59 Å². The fourth-order valence-electron chi connectivity index (χ4n) is 6.01. The Bertz CT molecular complexity index is 1670. The molecule has 0 aromatic heterocycles. The number of fused-ring (bicyclic) bond motifs is 5. The topological polar surface area (TPSA) is 110 Å². The number of esters is 1. The van der Waals surface area contributed by atoms with E-state index < -0.39 is 47.9 Å². The summed E-state index contributed by atoms with van der Waals surface area (Å²) in [4.78, 5) is 67.0. The summed E-state index contributed by atoms with van der Waals surface area (Å²) in [5.41, 5.74) is 0.433. The standard InChI is InChI=1S/C32H24Cl2N2O7/c1-42-23-4-2-3-20(14-23)32(41)43-22-10-7-17(8-11-22)26(37)16-35(29(38)24-12-9-21(33)15-25(24)34)36-30(39)27-18-5-6-19(13-18)28(27)31(36)40/h2-12,14-15,18-19,27-28H,13,16H2,1H3/t18-,19-,27-,28+/m0/s1. The molecule has 1 saturated heterocycles. The number of imide groups is 1. The molecule has 0 spiro atoms. The number of nitrogens with zero attached hydrogens (tertiary/aromatic N) is 2. The van der Waals surface area contributed by atoms with Gasteiger partial charge in [0, 0.05) is 10.6 Å². The lowest BCUT2D eigenvalue weighted by Crippen LogP contribution is -2.52. The van der Waals surface area contributed by atoms with Crippen LogP contribution in [-0.4, -0.2) is 53.1 Å². The quantitative estimate of drug-likeness (QED) is 0.111. The Labute approximate surface area is 256 Å². The minimum atomic E-state index is -0.791. The summed E-state index contributed by atoms with van der Waals surface area (Å²) in [7, 11) is 1.49. The van der Waals surface area contributed by atoms with Crippen molar-refractivity contribution < 1.29 is 33.4 Å². The second-order valence-electron chi connectivity index (χ2n) is 10.5. The normalized spacial score (nSPS) is 21.6. The molecule has 6 rings (SSSR count). The molecular formula is C32H24Cl2N2O7. The van der Waals surface area contributed by atoms with Crippen molar-refractivity contribution in [1.29, 1.82) is 0 Å². The summed E-state index contributed by atoms with van der Waals surface area (Å²) in [6, 6.07) is 16.4. The molecule has 3 aliphatic rings. The van der Waals surface area contributed by atoms with Crippen molar-refractivity contribution >= 4 is 52.7 Å². The van der Waals surface area contributed by atoms with Gasteiger partial charge in [0.1, 0.15) is 18.0 Å². The Morgan fingerprint density at radius 2 is 1.53 bits per heavy atom. The number of carbonyl (C=O) groups is 5. The Kier molecular flexibility index (Phi) is 7.54. The Morgan fingerprint density at radius 3 is 2.16 bits per heavy atom. The van der Waals surface area contributed by atoms with Gasteiger partial charge in [0.2, 0.25) is 0 Å². The summed E-state index contributed by atoms with van der Waals surface area (Å²) < 4.78 is 10.5. The molecule has 3 aromatic carbocycles. The van der Waals surface area contributed by atoms with Crippen molar-refractivity contribution in [2.45, 2.75) is 6.42 Å². The first-order chi connectivity index (χ1) is 20.7. The number of rotatable bonds is 8. The van der Waals surface area contributed by atoms with Crippen LogP contribution in [0.1, 0.15) is 37.5 Å². The molecule has 0 N–H and O–H groups in total. The number of halogens is 2. The number of ether oxygens (including phenoxy) is 2. The van der Waals surface area contributed by atoms with Gasteiger partial charge in [0.25, 0.3) is 17.7 Å². The van der Waals surface area contributed by atoms with E-state index in [1.807, 2.05) is 12.2 Å². The molecule has 1 aliphatic heterocycles. The number of methoxy groups -OCH3 is 1. The molecule has 218 valence electrons. The highest BCUT2D eigenvalue weighted by Gasteiger charge is 2.61. The molecule has 2 aliphatic carbocycles. The highest BCUT2D eigenvalue weighted by Crippen LogP contribution is 2.52. The van der Waals surface area contributed by atoms with Gasteiger partial charge in [0.15, 0.2) is 5.78 Å². The minimum absolute atomic E-state index is 0.0122. The van der Waals surface area contributed by atoms with Crippen LogP contribution < -0.4 is 9.47 Å². The number of ketones is 1. The lowest BCUT2D eigenvalue weighted by atomic mass is 9.85. The van der Waals surface area contributed by atoms with E-state index in [0.29, 0.717) is 17.2 Å². The highest BCUT2D eigenvalue weighted by atomic mass is 35.5. The van der Waals surface area contributed by atoms with Gasteiger partial charge >= 0.3 is 5.97 Å². The van der Waals surface area contributed by atoms with Gasteiger partial charge in [-0.1, -0.05) is 41.4 Å². The number of hydrazine groups is 1. The monoisotopic (exact) mass is 618 g/mol. The second kappa shape index (κ2) is 11.3. The van der Waals surface area contributed by atoms with E-state index in [0.717, 1.165) is 10.0 Å². The molecule has 0 radical (unpaired) electrons. The molecule has 11 heteroatoms. The summed E-state index contributed by atoms with van der Waals surface area (Å²) >= 11 is 12.3. The highest BCUT2D eigenvalue weighted by molar-refractivity contribution is 6.36. The van der Waals surface area contributed by atoms with Crippen LogP contribution >= 0.6 is 23.2 Å². The van der Waals surface area contributed by atoms with Crippen LogP contribution in [0.2, 0.25) is 10.0 Å². The van der Waals surface area contributed by atoms with E-state index >= 15 is 0 Å². The third-order valence-electron chi connectivity index (χ3n) is 8.07. The number of hydrogen-bond acceptors (Lipinski definition) is 7. The molecule has 0 unspecified atom stereocenters. The number of amides is 3. The number of Topliss-reactive ketones (excluding diaryl/α,β-unsaturated/α-hetero) is 1. The number of allylic oxidation sites excluding steroid dienone is 2. The van der Waals surface area contributed by atoms with Gasteiger partial charge < -0.3 is 9.47 Å². The average molecular weight is 619 g/mol. The fourth-order valence-corrected chi connectivity index (χ4v) is 6.50. The average Bonchev–Trinajstić information content (AvgIpc) is 3.69. The zero-order valence-corrected chi connectivity index (χ0v) is 24.2. The summed E-state index contributed by atoms with van der Waals surface area (Å²) in [6.07, 6.45) is 4.60. The maximum atomic E-state index is 13.8. The molecule has 3 amide bonds. The van der Waals surface area contributed by atoms with Crippen molar-refractivity contribution in [3.63, 3.8) is 0 Å². The maximum absolute atomic E-state index is 13.8. The van der Waals surface area contributed by atoms with Gasteiger partial charge in [-0.25, -0.2) is 9.80 Å². The lowest BCUT2D eigenvalue weighted by molar-refractivity contribution is -0.154. The van der Waals surface area contributed by atoms with E-state index in [4.69, 9.17) is 32.7 Å². The van der Waals surface area contributed by atoms with E-state index in [9.17, 15) is 24.0 Å². The molecule has 3 aromatic rings. The Morgan fingerprint density at radius 1 is 0.860 bits per heavy atom. The molecule has 4 atom stereocenters. The maximum Gasteiger partial charge on any atom is 0.343 e. The SMILES string of the molecule is COc1cccc(C(=O)Oc2ccc(C(=O)CN(C(=O)c3ccc(Cl)cc3Cl)N3C(=O)[C@@H]4[C@H](C3=O)[C@H]3C=C[C@H]4C3)cc2)c1. The van der Waals surface area contributed by atoms with Crippen LogP contribution in [0, 0.1) is 23.7 Å². The van der Waals surface area contributed by atoms with Crippen molar-refractivity contribution in [2.75, 3.05) is 13.7 Å². The summed E-state index contributed by atoms with van der Waals surface area (Å²) in [5, 5.41) is 1.99. The smallest absolute Gasteiger partial charge is 0.343 e. The summed E-state index contributed by atoms with van der Waals surface area (Å²) in [5.74, 6) is -3.64. The van der Waals surface area contributed by atoms with Gasteiger partial charge in [-0.15, -0.1) is 0 Å². The van der Waals surface area contributed by atoms with Crippen molar-refractivity contribution in [2.24, 2.45) is 23.7 Å². The van der Waals surface area contributed by atoms with Crippen LogP contribution in [0.5, 0.6) is 11.5 Å². The van der Waals surface area contributed by atoms with Crippen molar-refractivity contribution in [3.8, 4) is 11.5 Å². The van der Waals surface area contributed by atoms with Crippen LogP contribution in [0.3, 0.4) is 0 Å². The number of carbonyl (C=O) groups excluding carboxylic acids is 5. The first-order valence-corrected chi connectivity index (χ1v) is 14.2. The van der Waals surface area contributed by atoms with E-state index in [1.54, 1.807) is 18.2 Å². The first-order valence-electron chi connectivity index (χ1n) is 13.5. The first kappa shape index (κ1) is 28.6. The predicted molar refractivity (Wildman–Crippen MR) is 156 cm³/mol. The Hall–Kier alpha value is -4.47. The van der Waals surface area contributed by atoms with Crippen molar-refractivity contribution in [3.05, 3.63) is 106 Å². The zero-order valence-electron chi connectivity index (χ0n) is 22.7. The number of hydrogen-bond donors (Lipinski definition) is 0. The molecule has 2 fully saturated rings. The van der Waals surface area contributed by atoms with Crippen LogP contribution in [0.15, 0.2) is 78.9 Å². The zero-order chi connectivity index (χ0) is 30.4. The molecule has 1 saturated carbocycles. The predicted octanol–water partition coefficient (Wildman–Crippen LogP) is 5.27. The Balaban J connectivity index is 1.24. The number of benzene rings is 3. The molecule has 1 heterocycles. The van der Waals surface area contributed by atoms with Crippen molar-refractivity contribution in [1.82, 2.24) is 10.0 Å². The molecular weight excluding hydrogens is 595 g/mol. The third-order valence-corrected chi connectivity index (χ3v) is 8.62. The van der Waals surface area contributed by atoms with Gasteiger partial charge in [-0.2, -0.15) is 5.01 Å². The largest absolute Gasteiger partial charge is 0.497 e. The third kappa shape index (κ3) is 5.19. The van der Waals surface area contributed by atoms with E-state index in [1.165, 1.54) is 55.6 Å². The molecule has 9 nitrogen and oxygen atoms in total. The minimum Gasteiger partial charge on any atom is -0.497 e. The van der Waals surface area contributed by atoms with Gasteiger partial charge in [0.05, 0.1) is 35.1 Å².